The zero-order chi connectivity index (χ0) is 27.1. The number of hydrogen-bond donors (Lipinski definition) is 2. The van der Waals surface area contributed by atoms with Gasteiger partial charge in [0.2, 0.25) is 0 Å². The van der Waals surface area contributed by atoms with Gasteiger partial charge in [0.05, 0.1) is 22.9 Å². The summed E-state index contributed by atoms with van der Waals surface area (Å²) in [6, 6.07) is 3.64. The van der Waals surface area contributed by atoms with E-state index in [1.165, 1.54) is 19.1 Å². The van der Waals surface area contributed by atoms with Gasteiger partial charge in [0, 0.05) is 30.8 Å². The van der Waals surface area contributed by atoms with Gasteiger partial charge in [-0.05, 0) is 52.7 Å². The third-order valence-corrected chi connectivity index (χ3v) is 7.49. The molecule has 1 aromatic heterocycles. The molecule has 1 aliphatic carbocycles. The van der Waals surface area contributed by atoms with E-state index in [1.807, 2.05) is 7.05 Å². The number of anilines is 1. The van der Waals surface area contributed by atoms with Crippen LogP contribution in [0.5, 0.6) is 0 Å². The molecular weight excluding hydrogens is 495 g/mol. The molecule has 11 heteroatoms. The number of nitrogens with one attached hydrogen (secondary N) is 2. The molecule has 2 aliphatic rings. The highest BCUT2D eigenvalue weighted by molar-refractivity contribution is 5.99. The molecule has 2 heterocycles. The van der Waals surface area contributed by atoms with E-state index in [0.717, 1.165) is 55.8 Å². The molecule has 37 heavy (non-hydrogen) atoms. The normalized spacial score (nSPS) is 19.1. The summed E-state index contributed by atoms with van der Waals surface area (Å²) in [6.45, 7) is 3.79. The van der Waals surface area contributed by atoms with Crippen LogP contribution in [0.25, 0.3) is 0 Å². The third kappa shape index (κ3) is 5.37. The number of hydrogen-bond acceptors (Lipinski definition) is 4. The molecule has 1 aromatic carbocycles. The van der Waals surface area contributed by atoms with Gasteiger partial charge >= 0.3 is 0 Å². The SMILES string of the molecule is CC(NC(=O)c1cn(C2(C(C)(F)F)CC2)c(=O)cc1NC1CCN(C)CC1)c1cccc(C(F)F)c1F. The molecule has 1 amide bonds. The number of rotatable bonds is 8. The zero-order valence-electron chi connectivity index (χ0n) is 21.0. The van der Waals surface area contributed by atoms with Crippen LogP contribution in [0.1, 0.15) is 73.5 Å². The number of pyridine rings is 1. The standard InChI is InChI=1S/C26H31F5N4O2/c1-15(17-5-4-6-18(22(17)27)23(28)29)32-24(37)19-14-35(26(9-10-26)25(2,30)31)21(36)13-20(19)33-16-7-11-34(3)12-8-16/h4-6,13-16,23,33H,7-12H2,1-3H3,(H,32,37). The van der Waals surface area contributed by atoms with Gasteiger partial charge in [0.15, 0.2) is 0 Å². The number of aromatic nitrogens is 1. The summed E-state index contributed by atoms with van der Waals surface area (Å²) in [4.78, 5) is 28.5. The van der Waals surface area contributed by atoms with E-state index >= 15 is 0 Å². The van der Waals surface area contributed by atoms with Gasteiger partial charge in [-0.2, -0.15) is 0 Å². The van der Waals surface area contributed by atoms with E-state index in [0.29, 0.717) is 0 Å². The second-order valence-electron chi connectivity index (χ2n) is 10.2. The number of nitrogens with zero attached hydrogens (tertiary/aromatic N) is 2. The molecule has 1 unspecified atom stereocenters. The van der Waals surface area contributed by atoms with E-state index in [9.17, 15) is 31.5 Å². The first kappa shape index (κ1) is 27.1. The molecule has 1 saturated heterocycles. The fourth-order valence-corrected chi connectivity index (χ4v) is 4.97. The molecule has 1 saturated carbocycles. The summed E-state index contributed by atoms with van der Waals surface area (Å²) in [6.07, 6.45) is -0.220. The maximum absolute atomic E-state index is 14.7. The Bertz CT molecular complexity index is 1210. The van der Waals surface area contributed by atoms with Crippen molar-refractivity contribution in [2.24, 2.45) is 0 Å². The van der Waals surface area contributed by atoms with Gasteiger partial charge in [0.1, 0.15) is 11.4 Å². The molecule has 2 fully saturated rings. The summed E-state index contributed by atoms with van der Waals surface area (Å²) in [5.74, 6) is -5.06. The average molecular weight is 527 g/mol. The lowest BCUT2D eigenvalue weighted by atomic mass is 10.0. The first-order valence-corrected chi connectivity index (χ1v) is 12.3. The smallest absolute Gasteiger partial charge is 0.268 e. The Morgan fingerprint density at radius 2 is 1.78 bits per heavy atom. The van der Waals surface area contributed by atoms with Crippen molar-refractivity contribution in [3.8, 4) is 0 Å². The minimum absolute atomic E-state index is 0.0434. The van der Waals surface area contributed by atoms with E-state index in [-0.39, 0.29) is 35.7 Å². The van der Waals surface area contributed by atoms with Crippen LogP contribution in [0.15, 0.2) is 35.3 Å². The first-order chi connectivity index (χ1) is 17.3. The fourth-order valence-electron chi connectivity index (χ4n) is 4.97. The number of benzene rings is 1. The molecule has 1 atom stereocenters. The number of alkyl halides is 4. The van der Waals surface area contributed by atoms with Gasteiger partial charge < -0.3 is 20.1 Å². The highest BCUT2D eigenvalue weighted by Crippen LogP contribution is 2.53. The summed E-state index contributed by atoms with van der Waals surface area (Å²) in [5.41, 5.74) is -3.15. The third-order valence-electron chi connectivity index (χ3n) is 7.49. The summed E-state index contributed by atoms with van der Waals surface area (Å²) in [7, 11) is 1.99. The topological polar surface area (TPSA) is 66.4 Å². The van der Waals surface area contributed by atoms with Crippen LogP contribution >= 0.6 is 0 Å². The highest BCUT2D eigenvalue weighted by Gasteiger charge is 2.61. The van der Waals surface area contributed by atoms with Crippen molar-refractivity contribution >= 4 is 11.6 Å². The molecule has 0 radical (unpaired) electrons. The van der Waals surface area contributed by atoms with Crippen molar-refractivity contribution in [3.63, 3.8) is 0 Å². The van der Waals surface area contributed by atoms with Crippen molar-refractivity contribution < 1.29 is 26.7 Å². The van der Waals surface area contributed by atoms with Crippen LogP contribution in [-0.4, -0.2) is 47.5 Å². The Morgan fingerprint density at radius 1 is 1.16 bits per heavy atom. The Morgan fingerprint density at radius 3 is 2.35 bits per heavy atom. The highest BCUT2D eigenvalue weighted by atomic mass is 19.3. The predicted octanol–water partition coefficient (Wildman–Crippen LogP) is 5.07. The van der Waals surface area contributed by atoms with Crippen molar-refractivity contribution in [2.45, 2.75) is 69.5 Å². The molecular formula is C26H31F5N4O2. The fraction of sp³-hybridized carbons (Fsp3) is 0.538. The van der Waals surface area contributed by atoms with Gasteiger partial charge in [-0.1, -0.05) is 18.2 Å². The van der Waals surface area contributed by atoms with Gasteiger partial charge in [-0.3, -0.25) is 9.59 Å². The number of halogens is 5. The van der Waals surface area contributed by atoms with Crippen LogP contribution in [0.2, 0.25) is 0 Å². The molecule has 1 aliphatic heterocycles. The largest absolute Gasteiger partial charge is 0.381 e. The van der Waals surface area contributed by atoms with Gasteiger partial charge in [-0.25, -0.2) is 22.0 Å². The van der Waals surface area contributed by atoms with E-state index in [2.05, 4.69) is 15.5 Å². The van der Waals surface area contributed by atoms with Crippen LogP contribution in [0, 0.1) is 5.82 Å². The Balaban J connectivity index is 1.69. The number of piperidine rings is 1. The molecule has 2 aromatic rings. The van der Waals surface area contributed by atoms with Crippen LogP contribution in [0.4, 0.5) is 27.6 Å². The van der Waals surface area contributed by atoms with Gasteiger partial charge in [-0.15, -0.1) is 0 Å². The zero-order valence-corrected chi connectivity index (χ0v) is 21.0. The van der Waals surface area contributed by atoms with Gasteiger partial charge in [0.25, 0.3) is 23.8 Å². The summed E-state index contributed by atoms with van der Waals surface area (Å²) < 4.78 is 70.9. The van der Waals surface area contributed by atoms with Crippen LogP contribution in [0.3, 0.4) is 0 Å². The van der Waals surface area contributed by atoms with Crippen LogP contribution < -0.4 is 16.2 Å². The molecule has 0 bridgehead atoms. The Kier molecular flexibility index (Phi) is 7.38. The van der Waals surface area contributed by atoms with E-state index < -0.39 is 46.8 Å². The lowest BCUT2D eigenvalue weighted by molar-refractivity contribution is -0.0488. The van der Waals surface area contributed by atoms with Crippen molar-refractivity contribution in [1.29, 1.82) is 0 Å². The first-order valence-electron chi connectivity index (χ1n) is 12.3. The number of carbonyl (C=O) groups is 1. The predicted molar refractivity (Wildman–Crippen MR) is 130 cm³/mol. The van der Waals surface area contributed by atoms with Crippen molar-refractivity contribution in [3.05, 3.63) is 63.3 Å². The monoisotopic (exact) mass is 526 g/mol. The van der Waals surface area contributed by atoms with Crippen molar-refractivity contribution in [2.75, 3.05) is 25.5 Å². The van der Waals surface area contributed by atoms with Crippen LogP contribution in [-0.2, 0) is 5.54 Å². The quantitative estimate of drug-likeness (QED) is 0.472. The summed E-state index contributed by atoms with van der Waals surface area (Å²) >= 11 is 0. The number of carbonyl (C=O) groups excluding carboxylic acids is 1. The lowest BCUT2D eigenvalue weighted by Crippen LogP contribution is -2.43. The molecule has 0 spiro atoms. The Hall–Kier alpha value is -2.95. The number of amides is 1. The minimum Gasteiger partial charge on any atom is -0.381 e. The molecule has 202 valence electrons. The Labute approximate surface area is 211 Å². The average Bonchev–Trinajstić information content (AvgIpc) is 3.62. The molecule has 4 rings (SSSR count). The summed E-state index contributed by atoms with van der Waals surface area (Å²) in [5, 5.41) is 5.80. The van der Waals surface area contributed by atoms with E-state index in [4.69, 9.17) is 0 Å². The minimum atomic E-state index is -3.19. The maximum Gasteiger partial charge on any atom is 0.268 e. The van der Waals surface area contributed by atoms with E-state index in [1.54, 1.807) is 0 Å². The maximum atomic E-state index is 14.7. The molecule has 6 nitrogen and oxygen atoms in total. The number of likely N-dealkylation sites (tertiary alicyclic amines) is 1. The molecule has 2 N–H and O–H groups in total. The second-order valence-corrected chi connectivity index (χ2v) is 10.2. The lowest BCUT2D eigenvalue weighted by Gasteiger charge is -2.31. The second kappa shape index (κ2) is 10.1. The van der Waals surface area contributed by atoms with Crippen molar-refractivity contribution in [1.82, 2.24) is 14.8 Å².